The summed E-state index contributed by atoms with van der Waals surface area (Å²) in [6.45, 7) is 0. The first-order chi connectivity index (χ1) is 6.31. The van der Waals surface area contributed by atoms with E-state index in [0.717, 1.165) is 17.3 Å². The van der Waals surface area contributed by atoms with Crippen molar-refractivity contribution in [3.8, 4) is 11.6 Å². The van der Waals surface area contributed by atoms with Gasteiger partial charge in [0.15, 0.2) is 11.6 Å². The summed E-state index contributed by atoms with van der Waals surface area (Å²) in [6.07, 6.45) is 5.33. The van der Waals surface area contributed by atoms with E-state index in [-0.39, 0.29) is 0 Å². The van der Waals surface area contributed by atoms with Gasteiger partial charge in [0.05, 0.1) is 11.6 Å². The summed E-state index contributed by atoms with van der Waals surface area (Å²) in [5.41, 5.74) is 0.902. The Hall–Kier alpha value is -1.29. The van der Waals surface area contributed by atoms with E-state index in [1.165, 1.54) is 0 Å². The van der Waals surface area contributed by atoms with Crippen LogP contribution in [0.15, 0.2) is 18.6 Å². The molecular formula is C8H9ClN4. The first kappa shape index (κ1) is 8.31. The lowest BCUT2D eigenvalue weighted by atomic mass is 10.5. The Morgan fingerprint density at radius 2 is 2.38 bits per heavy atom. The molecule has 0 fully saturated rings. The number of halogens is 1. The third-order valence-corrected chi connectivity index (χ3v) is 2.09. The second-order valence-electron chi connectivity index (χ2n) is 2.75. The van der Waals surface area contributed by atoms with Crippen LogP contribution in [-0.2, 0) is 12.9 Å². The molecule has 0 aliphatic rings. The first-order valence-corrected chi connectivity index (χ1v) is 4.42. The summed E-state index contributed by atoms with van der Waals surface area (Å²) in [5, 5.41) is 0. The number of imidazole rings is 2. The van der Waals surface area contributed by atoms with E-state index in [2.05, 4.69) is 15.0 Å². The summed E-state index contributed by atoms with van der Waals surface area (Å²) in [5.74, 6) is 2.01. The fourth-order valence-electron chi connectivity index (χ4n) is 1.13. The Morgan fingerprint density at radius 1 is 1.54 bits per heavy atom. The van der Waals surface area contributed by atoms with Gasteiger partial charge in [0.25, 0.3) is 0 Å². The fourth-order valence-corrected chi connectivity index (χ4v) is 1.27. The minimum atomic E-state index is 0.442. The van der Waals surface area contributed by atoms with Crippen molar-refractivity contribution in [2.45, 2.75) is 5.88 Å². The van der Waals surface area contributed by atoms with E-state index in [9.17, 15) is 0 Å². The van der Waals surface area contributed by atoms with E-state index >= 15 is 0 Å². The SMILES string of the molecule is Cn1ccnc1-c1ncc(CCl)[nH]1. The zero-order valence-electron chi connectivity index (χ0n) is 7.16. The van der Waals surface area contributed by atoms with Gasteiger partial charge in [0.1, 0.15) is 0 Å². The number of aromatic nitrogens is 4. The lowest BCUT2D eigenvalue weighted by Crippen LogP contribution is -1.92. The van der Waals surface area contributed by atoms with Gasteiger partial charge in [-0.1, -0.05) is 0 Å². The predicted octanol–water partition coefficient (Wildman–Crippen LogP) is 1.55. The second-order valence-corrected chi connectivity index (χ2v) is 3.02. The Balaban J connectivity index is 2.41. The highest BCUT2D eigenvalue weighted by Gasteiger charge is 2.06. The van der Waals surface area contributed by atoms with Crippen LogP contribution in [0, 0.1) is 0 Å². The molecule has 2 heterocycles. The number of nitrogens with one attached hydrogen (secondary N) is 1. The molecule has 4 nitrogen and oxygen atoms in total. The van der Waals surface area contributed by atoms with Crippen LogP contribution in [0.3, 0.4) is 0 Å². The van der Waals surface area contributed by atoms with Crippen LogP contribution in [0.2, 0.25) is 0 Å². The van der Waals surface area contributed by atoms with Crippen molar-refractivity contribution in [1.29, 1.82) is 0 Å². The van der Waals surface area contributed by atoms with Gasteiger partial charge in [-0.25, -0.2) is 9.97 Å². The smallest absolute Gasteiger partial charge is 0.175 e. The maximum Gasteiger partial charge on any atom is 0.175 e. The Bertz CT molecular complexity index is 404. The van der Waals surface area contributed by atoms with Crippen molar-refractivity contribution >= 4 is 11.6 Å². The van der Waals surface area contributed by atoms with Crippen molar-refractivity contribution in [3.63, 3.8) is 0 Å². The molecular weight excluding hydrogens is 188 g/mol. The number of hydrogen-bond donors (Lipinski definition) is 1. The van der Waals surface area contributed by atoms with Crippen LogP contribution in [0.1, 0.15) is 5.69 Å². The fraction of sp³-hybridized carbons (Fsp3) is 0.250. The molecule has 13 heavy (non-hydrogen) atoms. The van der Waals surface area contributed by atoms with Gasteiger partial charge in [-0.2, -0.15) is 0 Å². The summed E-state index contributed by atoms with van der Waals surface area (Å²) >= 11 is 5.64. The van der Waals surface area contributed by atoms with Crippen LogP contribution in [-0.4, -0.2) is 19.5 Å². The predicted molar refractivity (Wildman–Crippen MR) is 50.3 cm³/mol. The highest BCUT2D eigenvalue weighted by Crippen LogP contribution is 2.12. The molecule has 68 valence electrons. The average molecular weight is 197 g/mol. The van der Waals surface area contributed by atoms with Gasteiger partial charge in [0, 0.05) is 25.6 Å². The summed E-state index contributed by atoms with van der Waals surface area (Å²) in [4.78, 5) is 11.4. The summed E-state index contributed by atoms with van der Waals surface area (Å²) < 4.78 is 1.90. The topological polar surface area (TPSA) is 46.5 Å². The van der Waals surface area contributed by atoms with Crippen LogP contribution >= 0.6 is 11.6 Å². The van der Waals surface area contributed by atoms with E-state index in [0.29, 0.717) is 5.88 Å². The Morgan fingerprint density at radius 3 is 2.92 bits per heavy atom. The van der Waals surface area contributed by atoms with Crippen molar-refractivity contribution in [2.75, 3.05) is 0 Å². The number of aryl methyl sites for hydroxylation is 1. The molecule has 0 bridgehead atoms. The van der Waals surface area contributed by atoms with Crippen molar-refractivity contribution in [2.24, 2.45) is 7.05 Å². The molecule has 2 aromatic rings. The maximum atomic E-state index is 5.64. The van der Waals surface area contributed by atoms with Crippen molar-refractivity contribution < 1.29 is 0 Å². The molecule has 0 aromatic carbocycles. The summed E-state index contributed by atoms with van der Waals surface area (Å²) in [6, 6.07) is 0. The monoisotopic (exact) mass is 196 g/mol. The average Bonchev–Trinajstić information content (AvgIpc) is 2.71. The molecule has 0 aliphatic carbocycles. The quantitative estimate of drug-likeness (QED) is 0.741. The maximum absolute atomic E-state index is 5.64. The van der Waals surface area contributed by atoms with Gasteiger partial charge in [0.2, 0.25) is 0 Å². The van der Waals surface area contributed by atoms with E-state index in [4.69, 9.17) is 11.6 Å². The molecule has 0 radical (unpaired) electrons. The van der Waals surface area contributed by atoms with Crippen LogP contribution in [0.4, 0.5) is 0 Å². The zero-order chi connectivity index (χ0) is 9.26. The third kappa shape index (κ3) is 1.45. The summed E-state index contributed by atoms with van der Waals surface area (Å²) in [7, 11) is 1.92. The number of hydrogen-bond acceptors (Lipinski definition) is 2. The van der Waals surface area contributed by atoms with Gasteiger partial charge >= 0.3 is 0 Å². The number of rotatable bonds is 2. The van der Waals surface area contributed by atoms with Gasteiger partial charge < -0.3 is 9.55 Å². The highest BCUT2D eigenvalue weighted by molar-refractivity contribution is 6.16. The molecule has 0 aliphatic heterocycles. The van der Waals surface area contributed by atoms with E-state index in [1.54, 1.807) is 12.4 Å². The molecule has 0 saturated heterocycles. The Kier molecular flexibility index (Phi) is 2.06. The second kappa shape index (κ2) is 3.22. The molecule has 2 rings (SSSR count). The van der Waals surface area contributed by atoms with Crippen LogP contribution in [0.5, 0.6) is 0 Å². The van der Waals surface area contributed by atoms with Crippen LogP contribution in [0.25, 0.3) is 11.6 Å². The molecule has 0 amide bonds. The molecule has 0 spiro atoms. The lowest BCUT2D eigenvalue weighted by Gasteiger charge is -1.95. The Labute approximate surface area is 80.6 Å². The molecule has 0 atom stereocenters. The van der Waals surface area contributed by atoms with E-state index < -0.39 is 0 Å². The van der Waals surface area contributed by atoms with E-state index in [1.807, 2.05) is 17.8 Å². The number of nitrogens with zero attached hydrogens (tertiary/aromatic N) is 3. The largest absolute Gasteiger partial charge is 0.338 e. The first-order valence-electron chi connectivity index (χ1n) is 3.89. The van der Waals surface area contributed by atoms with Gasteiger partial charge in [-0.15, -0.1) is 11.6 Å². The van der Waals surface area contributed by atoms with Gasteiger partial charge in [-0.3, -0.25) is 0 Å². The molecule has 2 aromatic heterocycles. The number of alkyl halides is 1. The van der Waals surface area contributed by atoms with Gasteiger partial charge in [-0.05, 0) is 0 Å². The minimum Gasteiger partial charge on any atom is -0.338 e. The van der Waals surface area contributed by atoms with Crippen molar-refractivity contribution in [3.05, 3.63) is 24.3 Å². The van der Waals surface area contributed by atoms with Crippen LogP contribution < -0.4 is 0 Å². The molecule has 1 N–H and O–H groups in total. The molecule has 5 heteroatoms. The zero-order valence-corrected chi connectivity index (χ0v) is 7.91. The molecule has 0 unspecified atom stereocenters. The van der Waals surface area contributed by atoms with Crippen molar-refractivity contribution in [1.82, 2.24) is 19.5 Å². The minimum absolute atomic E-state index is 0.442. The number of aromatic amines is 1. The highest BCUT2D eigenvalue weighted by atomic mass is 35.5. The third-order valence-electron chi connectivity index (χ3n) is 1.81. The standard InChI is InChI=1S/C8H9ClN4/c1-13-3-2-10-8(13)7-11-5-6(4-9)12-7/h2-3,5H,4H2,1H3,(H,11,12). The normalized spacial score (nSPS) is 10.6. The number of H-pyrrole nitrogens is 1. The lowest BCUT2D eigenvalue weighted by molar-refractivity contribution is 0.911. The molecule has 0 saturated carbocycles.